The fraction of sp³-hybridized carbons (Fsp3) is 0.240. The number of aromatic nitrogens is 1. The van der Waals surface area contributed by atoms with Crippen molar-refractivity contribution in [2.24, 2.45) is 5.92 Å². The number of carbonyl (C=O) groups is 2. The molecule has 3 aromatic rings. The maximum Gasteiger partial charge on any atom is 0.335 e. The Morgan fingerprint density at radius 2 is 1.91 bits per heavy atom. The average molecular weight is 485 g/mol. The predicted octanol–water partition coefficient (Wildman–Crippen LogP) is 5.01. The molecule has 1 aliphatic carbocycles. The van der Waals surface area contributed by atoms with Gasteiger partial charge >= 0.3 is 5.97 Å². The lowest BCUT2D eigenvalue weighted by molar-refractivity contribution is -0.614. The van der Waals surface area contributed by atoms with E-state index in [1.807, 2.05) is 0 Å². The normalized spacial score (nSPS) is 13.9. The number of nitrogens with one attached hydrogen (secondary N) is 1. The molecule has 2 aromatic carbocycles. The summed E-state index contributed by atoms with van der Waals surface area (Å²) in [7, 11) is 1.39. The van der Waals surface area contributed by atoms with E-state index in [9.17, 15) is 19.2 Å². The zero-order valence-corrected chi connectivity index (χ0v) is 19.0. The number of carboxylic acids is 1. The Balaban J connectivity index is 1.64. The summed E-state index contributed by atoms with van der Waals surface area (Å²) in [4.78, 5) is 24.2. The highest BCUT2D eigenvalue weighted by Gasteiger charge is 2.35. The van der Waals surface area contributed by atoms with E-state index in [0.29, 0.717) is 22.8 Å². The van der Waals surface area contributed by atoms with Crippen molar-refractivity contribution in [1.82, 2.24) is 0 Å². The molecule has 1 aromatic heterocycles. The van der Waals surface area contributed by atoms with Crippen LogP contribution in [0.1, 0.15) is 41.2 Å². The Kier molecular flexibility index (Phi) is 6.70. The first-order chi connectivity index (χ1) is 16.3. The van der Waals surface area contributed by atoms with Gasteiger partial charge in [0.1, 0.15) is 11.7 Å². The number of benzene rings is 2. The van der Waals surface area contributed by atoms with Crippen LogP contribution in [0.15, 0.2) is 54.7 Å². The van der Waals surface area contributed by atoms with Gasteiger partial charge in [0.15, 0.2) is 12.0 Å². The van der Waals surface area contributed by atoms with E-state index >= 15 is 0 Å². The highest BCUT2D eigenvalue weighted by Crippen LogP contribution is 2.39. The van der Waals surface area contributed by atoms with Crippen molar-refractivity contribution in [3.8, 4) is 16.9 Å². The second-order valence-electron chi connectivity index (χ2n) is 8.21. The molecule has 34 heavy (non-hydrogen) atoms. The van der Waals surface area contributed by atoms with Gasteiger partial charge in [-0.25, -0.2) is 9.18 Å². The van der Waals surface area contributed by atoms with E-state index in [0.717, 1.165) is 12.8 Å². The number of rotatable bonds is 8. The zero-order valence-electron chi connectivity index (χ0n) is 18.3. The van der Waals surface area contributed by atoms with E-state index < -0.39 is 17.7 Å². The van der Waals surface area contributed by atoms with Gasteiger partial charge in [0.2, 0.25) is 11.6 Å². The van der Waals surface area contributed by atoms with E-state index in [2.05, 4.69) is 5.32 Å². The smallest absolute Gasteiger partial charge is 0.335 e. The maximum atomic E-state index is 14.7. The van der Waals surface area contributed by atoms with Crippen LogP contribution in [0, 0.1) is 16.9 Å². The Hall–Kier alpha value is -3.65. The Morgan fingerprint density at radius 3 is 2.50 bits per heavy atom. The monoisotopic (exact) mass is 484 g/mol. The number of amides is 1. The number of pyridine rings is 1. The molecule has 1 saturated carbocycles. The van der Waals surface area contributed by atoms with Crippen molar-refractivity contribution in [3.63, 3.8) is 0 Å². The summed E-state index contributed by atoms with van der Waals surface area (Å²) in [6.07, 6.45) is 3.68. The number of nitrogens with zero attached hydrogens (tertiary/aromatic N) is 1. The topological polar surface area (TPSA) is 103 Å². The molecule has 0 unspecified atom stereocenters. The van der Waals surface area contributed by atoms with Gasteiger partial charge in [-0.2, -0.15) is 4.73 Å². The highest BCUT2D eigenvalue weighted by atomic mass is 35.5. The molecule has 176 valence electrons. The molecule has 1 atom stereocenters. The van der Waals surface area contributed by atoms with Crippen molar-refractivity contribution in [2.75, 3.05) is 12.4 Å². The minimum atomic E-state index is -1.07. The van der Waals surface area contributed by atoms with Gasteiger partial charge in [0.05, 0.1) is 28.8 Å². The average Bonchev–Trinajstić information content (AvgIpc) is 3.64. The van der Waals surface area contributed by atoms with Crippen molar-refractivity contribution < 1.29 is 28.6 Å². The number of hydrogen-bond donors (Lipinski definition) is 2. The Bertz CT molecular complexity index is 1240. The minimum Gasteiger partial charge on any atom is -0.618 e. The summed E-state index contributed by atoms with van der Waals surface area (Å²) < 4.78 is 20.5. The van der Waals surface area contributed by atoms with Gasteiger partial charge in [-0.05, 0) is 54.8 Å². The van der Waals surface area contributed by atoms with E-state index in [1.165, 1.54) is 55.8 Å². The predicted molar refractivity (Wildman–Crippen MR) is 124 cm³/mol. The second kappa shape index (κ2) is 9.69. The highest BCUT2D eigenvalue weighted by molar-refractivity contribution is 6.31. The summed E-state index contributed by atoms with van der Waals surface area (Å²) in [5.41, 5.74) is 1.09. The number of halogens is 2. The largest absolute Gasteiger partial charge is 0.618 e. The van der Waals surface area contributed by atoms with Crippen LogP contribution in [-0.4, -0.2) is 24.1 Å². The van der Waals surface area contributed by atoms with Crippen LogP contribution in [0.25, 0.3) is 11.1 Å². The number of carboxylic acid groups (broad SMARTS) is 1. The van der Waals surface area contributed by atoms with E-state index in [-0.39, 0.29) is 39.1 Å². The molecule has 1 amide bonds. The van der Waals surface area contributed by atoms with Crippen LogP contribution in [0.4, 0.5) is 10.1 Å². The number of ether oxygens (including phenoxy) is 1. The lowest BCUT2D eigenvalue weighted by Crippen LogP contribution is -2.37. The Labute approximate surface area is 200 Å². The molecule has 1 aliphatic rings. The zero-order chi connectivity index (χ0) is 24.4. The molecule has 1 heterocycles. The first kappa shape index (κ1) is 23.5. The van der Waals surface area contributed by atoms with Crippen molar-refractivity contribution in [3.05, 3.63) is 82.0 Å². The molecular formula is C25H22ClFN2O5. The van der Waals surface area contributed by atoms with Crippen LogP contribution in [0.2, 0.25) is 5.02 Å². The SMILES string of the molecule is COc1ccc(Cl)c(F)c1-c1ccc([C@@H](CC2CC2)C(=O)Nc2ccc(C(=O)O)cc2)[n+]([O-])c1. The fourth-order valence-corrected chi connectivity index (χ4v) is 4.01. The first-order valence-corrected chi connectivity index (χ1v) is 11.1. The minimum absolute atomic E-state index is 0.0628. The van der Waals surface area contributed by atoms with Crippen LogP contribution < -0.4 is 14.8 Å². The molecule has 4 rings (SSSR count). The maximum absolute atomic E-state index is 14.7. The number of hydrogen-bond acceptors (Lipinski definition) is 4. The van der Waals surface area contributed by atoms with E-state index in [4.69, 9.17) is 21.4 Å². The third-order valence-electron chi connectivity index (χ3n) is 5.85. The summed E-state index contributed by atoms with van der Waals surface area (Å²) >= 11 is 5.92. The molecule has 0 saturated heterocycles. The molecule has 0 spiro atoms. The van der Waals surface area contributed by atoms with Crippen LogP contribution >= 0.6 is 11.6 Å². The van der Waals surface area contributed by atoms with E-state index in [1.54, 1.807) is 6.07 Å². The summed E-state index contributed by atoms with van der Waals surface area (Å²) in [5.74, 6) is -2.30. The van der Waals surface area contributed by atoms with Crippen molar-refractivity contribution >= 4 is 29.2 Å². The molecular weight excluding hydrogens is 463 g/mol. The second-order valence-corrected chi connectivity index (χ2v) is 8.62. The van der Waals surface area contributed by atoms with Crippen LogP contribution in [0.3, 0.4) is 0 Å². The molecule has 0 aliphatic heterocycles. The number of anilines is 1. The molecule has 1 fully saturated rings. The quantitative estimate of drug-likeness (QED) is 0.345. The van der Waals surface area contributed by atoms with Crippen molar-refractivity contribution in [1.29, 1.82) is 0 Å². The van der Waals surface area contributed by atoms with Gasteiger partial charge in [-0.1, -0.05) is 24.4 Å². The van der Waals surface area contributed by atoms with Gasteiger partial charge < -0.3 is 20.4 Å². The summed E-state index contributed by atoms with van der Waals surface area (Å²) in [5, 5.41) is 24.7. The third kappa shape index (κ3) is 4.97. The Morgan fingerprint density at radius 1 is 1.21 bits per heavy atom. The third-order valence-corrected chi connectivity index (χ3v) is 6.14. The fourth-order valence-electron chi connectivity index (χ4n) is 3.86. The molecule has 0 bridgehead atoms. The van der Waals surface area contributed by atoms with Crippen molar-refractivity contribution in [2.45, 2.75) is 25.2 Å². The summed E-state index contributed by atoms with van der Waals surface area (Å²) in [6.45, 7) is 0. The van der Waals surface area contributed by atoms with Crippen LogP contribution in [0.5, 0.6) is 5.75 Å². The molecule has 2 N–H and O–H groups in total. The lowest BCUT2D eigenvalue weighted by Gasteiger charge is -2.17. The summed E-state index contributed by atoms with van der Waals surface area (Å²) in [6, 6.07) is 11.8. The molecule has 0 radical (unpaired) electrons. The number of aromatic carboxylic acids is 1. The van der Waals surface area contributed by atoms with Gasteiger partial charge in [0, 0.05) is 11.8 Å². The first-order valence-electron chi connectivity index (χ1n) is 10.7. The van der Waals surface area contributed by atoms with Gasteiger partial charge in [-0.3, -0.25) is 4.79 Å². The van der Waals surface area contributed by atoms with Gasteiger partial charge in [0.25, 0.3) is 0 Å². The van der Waals surface area contributed by atoms with Crippen LogP contribution in [-0.2, 0) is 4.79 Å². The van der Waals surface area contributed by atoms with Gasteiger partial charge in [-0.15, -0.1) is 0 Å². The molecule has 7 nitrogen and oxygen atoms in total. The molecule has 9 heteroatoms. The number of methoxy groups -OCH3 is 1. The standard InChI is InChI=1S/C25H22ClFN2O5/c1-34-21-11-9-19(26)23(27)22(21)16-6-10-20(29(33)13-16)18(12-14-2-3-14)24(30)28-17-7-4-15(5-8-17)25(31)32/h4-11,13-14,18H,2-3,12H2,1H3,(H,28,30)(H,31,32)/t18-/m1/s1. The lowest BCUT2D eigenvalue weighted by atomic mass is 9.95. The number of carbonyl (C=O) groups excluding carboxylic acids is 1.